The van der Waals surface area contributed by atoms with E-state index in [9.17, 15) is 13.2 Å². The molecule has 0 aliphatic rings. The van der Waals surface area contributed by atoms with E-state index in [2.05, 4.69) is 27.2 Å². The molecule has 4 nitrogen and oxygen atoms in total. The van der Waals surface area contributed by atoms with Gasteiger partial charge < -0.3 is 5.32 Å². The monoisotopic (exact) mass is 377 g/mol. The largest absolute Gasteiger partial charge is 0.338 e. The second kappa shape index (κ2) is 7.11. The van der Waals surface area contributed by atoms with Crippen LogP contribution in [0.15, 0.2) is 27.6 Å². The highest BCUT2D eigenvalue weighted by Crippen LogP contribution is 2.22. The van der Waals surface area contributed by atoms with Crippen LogP contribution in [0.3, 0.4) is 0 Å². The van der Waals surface area contributed by atoms with E-state index in [1.807, 2.05) is 6.92 Å². The van der Waals surface area contributed by atoms with Crippen molar-refractivity contribution in [2.24, 2.45) is 0 Å². The van der Waals surface area contributed by atoms with Crippen molar-refractivity contribution < 1.29 is 13.2 Å². The number of carbonyl (C=O) groups is 1. The second-order valence-electron chi connectivity index (χ2n) is 4.09. The quantitative estimate of drug-likeness (QED) is 0.633. The number of nitrogens with one attached hydrogen (secondary N) is 1. The number of hydrogen-bond donors (Lipinski definition) is 1. The van der Waals surface area contributed by atoms with Gasteiger partial charge in [0.2, 0.25) is 0 Å². The summed E-state index contributed by atoms with van der Waals surface area (Å²) in [5.41, 5.74) is 0.176. The standard InChI is InChI=1S/C13H13BrClNO3S/c1-3-5-11(4-2)16-13(17)9-6-10(14)8-12(7-9)20(15,18)19/h2,6-8,11H,3,5H2,1H3,(H,16,17). The van der Waals surface area contributed by atoms with Crippen LogP contribution >= 0.6 is 26.6 Å². The molecule has 0 aliphatic heterocycles. The third-order valence-electron chi connectivity index (χ3n) is 2.50. The lowest BCUT2D eigenvalue weighted by Gasteiger charge is -2.12. The fourth-order valence-corrected chi connectivity index (χ4v) is 3.01. The maximum Gasteiger partial charge on any atom is 0.261 e. The summed E-state index contributed by atoms with van der Waals surface area (Å²) in [5.74, 6) is 2.03. The first-order valence-electron chi connectivity index (χ1n) is 5.80. The maximum absolute atomic E-state index is 12.1. The van der Waals surface area contributed by atoms with Gasteiger partial charge in [0.15, 0.2) is 0 Å². The fraction of sp³-hybridized carbons (Fsp3) is 0.308. The Hall–Kier alpha value is -1.03. The summed E-state index contributed by atoms with van der Waals surface area (Å²) in [6.45, 7) is 1.95. The van der Waals surface area contributed by atoms with Gasteiger partial charge >= 0.3 is 0 Å². The topological polar surface area (TPSA) is 63.2 Å². The molecule has 1 amide bonds. The van der Waals surface area contributed by atoms with E-state index in [1.54, 1.807) is 0 Å². The smallest absolute Gasteiger partial charge is 0.261 e. The van der Waals surface area contributed by atoms with Crippen LogP contribution in [0.4, 0.5) is 0 Å². The van der Waals surface area contributed by atoms with E-state index >= 15 is 0 Å². The van der Waals surface area contributed by atoms with Gasteiger partial charge in [0.25, 0.3) is 15.0 Å². The average molecular weight is 379 g/mol. The number of carbonyl (C=O) groups excluding carboxylic acids is 1. The molecule has 1 unspecified atom stereocenters. The van der Waals surface area contributed by atoms with Gasteiger partial charge in [-0.3, -0.25) is 4.79 Å². The van der Waals surface area contributed by atoms with Crippen LogP contribution in [0.25, 0.3) is 0 Å². The summed E-state index contributed by atoms with van der Waals surface area (Å²) in [6.07, 6.45) is 6.80. The van der Waals surface area contributed by atoms with Crippen LogP contribution in [0, 0.1) is 12.3 Å². The summed E-state index contributed by atoms with van der Waals surface area (Å²) in [5, 5.41) is 2.66. The molecule has 1 rings (SSSR count). The van der Waals surface area contributed by atoms with Crippen molar-refractivity contribution in [3.8, 4) is 12.3 Å². The summed E-state index contributed by atoms with van der Waals surface area (Å²) in [7, 11) is 1.37. The zero-order valence-corrected chi connectivity index (χ0v) is 13.8. The highest BCUT2D eigenvalue weighted by Gasteiger charge is 2.16. The van der Waals surface area contributed by atoms with Gasteiger partial charge in [-0.25, -0.2) is 8.42 Å². The molecule has 0 fully saturated rings. The Bertz CT molecular complexity index is 652. The minimum atomic E-state index is -3.90. The molecule has 1 aromatic carbocycles. The first-order valence-corrected chi connectivity index (χ1v) is 8.90. The molecule has 1 atom stereocenters. The lowest BCUT2D eigenvalue weighted by molar-refractivity contribution is 0.0944. The van der Waals surface area contributed by atoms with Gasteiger partial charge in [-0.2, -0.15) is 0 Å². The molecule has 0 bridgehead atoms. The summed E-state index contributed by atoms with van der Waals surface area (Å²) in [4.78, 5) is 11.9. The third-order valence-corrected chi connectivity index (χ3v) is 4.29. The van der Waals surface area contributed by atoms with Crippen LogP contribution in [0.5, 0.6) is 0 Å². The molecule has 7 heteroatoms. The third kappa shape index (κ3) is 4.82. The molecule has 0 spiro atoms. The number of terminal acetylenes is 1. The number of rotatable bonds is 5. The molecule has 0 aromatic heterocycles. The zero-order valence-electron chi connectivity index (χ0n) is 10.7. The Morgan fingerprint density at radius 2 is 2.15 bits per heavy atom. The Kier molecular flexibility index (Phi) is 6.06. The Labute approximate surface area is 131 Å². The molecule has 0 radical (unpaired) electrons. The van der Waals surface area contributed by atoms with Gasteiger partial charge in [0.1, 0.15) is 0 Å². The minimum Gasteiger partial charge on any atom is -0.338 e. The summed E-state index contributed by atoms with van der Waals surface area (Å²) in [6, 6.07) is 3.65. The van der Waals surface area contributed by atoms with Crippen molar-refractivity contribution >= 4 is 41.6 Å². The van der Waals surface area contributed by atoms with Crippen molar-refractivity contribution in [3.63, 3.8) is 0 Å². The lowest BCUT2D eigenvalue weighted by atomic mass is 10.1. The van der Waals surface area contributed by atoms with Gasteiger partial charge in [0, 0.05) is 20.7 Å². The van der Waals surface area contributed by atoms with Crippen LogP contribution in [-0.2, 0) is 9.05 Å². The van der Waals surface area contributed by atoms with Crippen molar-refractivity contribution in [2.45, 2.75) is 30.7 Å². The van der Waals surface area contributed by atoms with Gasteiger partial charge in [-0.1, -0.05) is 35.2 Å². The first kappa shape index (κ1) is 17.0. The Balaban J connectivity index is 3.05. The maximum atomic E-state index is 12.1. The van der Waals surface area contributed by atoms with Gasteiger partial charge in [-0.05, 0) is 24.6 Å². The van der Waals surface area contributed by atoms with Crippen molar-refractivity contribution in [1.29, 1.82) is 0 Å². The highest BCUT2D eigenvalue weighted by molar-refractivity contribution is 9.10. The van der Waals surface area contributed by atoms with Crippen LogP contribution in [0.1, 0.15) is 30.1 Å². The van der Waals surface area contributed by atoms with E-state index in [-0.39, 0.29) is 16.5 Å². The predicted molar refractivity (Wildman–Crippen MR) is 82.2 cm³/mol. The Morgan fingerprint density at radius 3 is 2.65 bits per heavy atom. The zero-order chi connectivity index (χ0) is 15.3. The number of hydrogen-bond acceptors (Lipinski definition) is 3. The SMILES string of the molecule is C#CC(CCC)NC(=O)c1cc(Br)cc(S(=O)(=O)Cl)c1. The number of amides is 1. The molecule has 0 heterocycles. The first-order chi connectivity index (χ1) is 9.27. The second-order valence-corrected chi connectivity index (χ2v) is 7.58. The van der Waals surface area contributed by atoms with Crippen molar-refractivity contribution in [1.82, 2.24) is 5.32 Å². The minimum absolute atomic E-state index is 0.147. The molecular weight excluding hydrogens is 366 g/mol. The Morgan fingerprint density at radius 1 is 1.50 bits per heavy atom. The molecular formula is C13H13BrClNO3S. The molecule has 0 saturated heterocycles. The number of benzene rings is 1. The molecule has 0 saturated carbocycles. The molecule has 1 N–H and O–H groups in total. The highest BCUT2D eigenvalue weighted by atomic mass is 79.9. The van der Waals surface area contributed by atoms with E-state index in [0.29, 0.717) is 10.9 Å². The molecule has 1 aromatic rings. The van der Waals surface area contributed by atoms with Crippen molar-refractivity contribution in [3.05, 3.63) is 28.2 Å². The van der Waals surface area contributed by atoms with E-state index in [4.69, 9.17) is 17.1 Å². The van der Waals surface area contributed by atoms with E-state index in [1.165, 1.54) is 18.2 Å². The van der Waals surface area contributed by atoms with Crippen LogP contribution < -0.4 is 5.32 Å². The van der Waals surface area contributed by atoms with Crippen molar-refractivity contribution in [2.75, 3.05) is 0 Å². The molecule has 20 heavy (non-hydrogen) atoms. The van der Waals surface area contributed by atoms with E-state index in [0.717, 1.165) is 6.42 Å². The lowest BCUT2D eigenvalue weighted by Crippen LogP contribution is -2.33. The summed E-state index contributed by atoms with van der Waals surface area (Å²) < 4.78 is 23.1. The average Bonchev–Trinajstić information content (AvgIpc) is 2.36. The van der Waals surface area contributed by atoms with Gasteiger partial charge in [-0.15, -0.1) is 6.42 Å². The molecule has 0 aliphatic carbocycles. The predicted octanol–water partition coefficient (Wildman–Crippen LogP) is 2.91. The van der Waals surface area contributed by atoms with Crippen LogP contribution in [0.2, 0.25) is 0 Å². The normalized spacial score (nSPS) is 12.5. The fourth-order valence-electron chi connectivity index (χ4n) is 1.56. The van der Waals surface area contributed by atoms with Crippen LogP contribution in [-0.4, -0.2) is 20.4 Å². The van der Waals surface area contributed by atoms with E-state index < -0.39 is 15.0 Å². The van der Waals surface area contributed by atoms with Gasteiger partial charge in [0.05, 0.1) is 10.9 Å². The number of halogens is 2. The summed E-state index contributed by atoms with van der Waals surface area (Å²) >= 11 is 3.14. The molecule has 108 valence electrons.